The Hall–Kier alpha value is -2.29. The number of anilines is 1. The zero-order valence-corrected chi connectivity index (χ0v) is 15.4. The molecule has 0 fully saturated rings. The molecule has 0 aliphatic rings. The lowest BCUT2D eigenvalue weighted by Gasteiger charge is -2.06. The van der Waals surface area contributed by atoms with Gasteiger partial charge in [-0.25, -0.2) is 4.98 Å². The Balaban J connectivity index is 1.79. The molecule has 0 bridgehead atoms. The van der Waals surface area contributed by atoms with Crippen LogP contribution in [-0.4, -0.2) is 28.0 Å². The molecular weight excluding hydrogens is 380 g/mol. The number of hydrogen-bond acceptors (Lipinski definition) is 5. The molecule has 2 heterocycles. The number of carbonyl (C=O) groups is 2. The van der Waals surface area contributed by atoms with Gasteiger partial charge in [-0.05, 0) is 30.5 Å². The van der Waals surface area contributed by atoms with E-state index in [0.29, 0.717) is 32.7 Å². The maximum absolute atomic E-state index is 12.4. The van der Waals surface area contributed by atoms with E-state index < -0.39 is 5.91 Å². The SMILES string of the molecule is CSc1ccc(Cl)c(C(=O)Nc2nc(-c3c[nH]c(C(N)=O)c3)cs2)c1. The number of H-pyrrole nitrogens is 1. The normalized spacial score (nSPS) is 10.6. The molecule has 0 aliphatic carbocycles. The minimum absolute atomic E-state index is 0.300. The monoisotopic (exact) mass is 392 g/mol. The van der Waals surface area contributed by atoms with E-state index in [1.54, 1.807) is 29.8 Å². The third kappa shape index (κ3) is 3.87. The van der Waals surface area contributed by atoms with Crippen LogP contribution >= 0.6 is 34.7 Å². The average Bonchev–Trinajstić information content (AvgIpc) is 3.24. The molecule has 2 amide bonds. The van der Waals surface area contributed by atoms with Gasteiger partial charge in [-0.2, -0.15) is 0 Å². The van der Waals surface area contributed by atoms with Gasteiger partial charge in [0.2, 0.25) is 0 Å². The molecule has 0 saturated heterocycles. The Morgan fingerprint density at radius 1 is 1.36 bits per heavy atom. The van der Waals surface area contributed by atoms with Crippen LogP contribution in [0.1, 0.15) is 20.8 Å². The minimum Gasteiger partial charge on any atom is -0.364 e. The first-order chi connectivity index (χ1) is 12.0. The van der Waals surface area contributed by atoms with E-state index in [0.717, 1.165) is 4.90 Å². The number of amides is 2. The number of nitrogens with zero attached hydrogens (tertiary/aromatic N) is 1. The highest BCUT2D eigenvalue weighted by Crippen LogP contribution is 2.27. The fraction of sp³-hybridized carbons (Fsp3) is 0.0625. The van der Waals surface area contributed by atoms with Crippen LogP contribution < -0.4 is 11.1 Å². The molecule has 0 radical (unpaired) electrons. The summed E-state index contributed by atoms with van der Waals surface area (Å²) >= 11 is 8.92. The third-order valence-corrected chi connectivity index (χ3v) is 5.20. The van der Waals surface area contributed by atoms with Crippen molar-refractivity contribution in [3.05, 3.63) is 52.1 Å². The minimum atomic E-state index is -0.543. The molecular formula is C16H13ClN4O2S2. The summed E-state index contributed by atoms with van der Waals surface area (Å²) in [6.07, 6.45) is 3.56. The van der Waals surface area contributed by atoms with Crippen molar-refractivity contribution in [2.45, 2.75) is 4.90 Å². The summed E-state index contributed by atoms with van der Waals surface area (Å²) in [6, 6.07) is 6.90. The zero-order valence-electron chi connectivity index (χ0n) is 13.0. The molecule has 0 aliphatic heterocycles. The van der Waals surface area contributed by atoms with Gasteiger partial charge in [-0.15, -0.1) is 23.1 Å². The maximum Gasteiger partial charge on any atom is 0.265 e. The summed E-state index contributed by atoms with van der Waals surface area (Å²) < 4.78 is 0. The number of thiazole rings is 1. The molecule has 0 saturated carbocycles. The van der Waals surface area contributed by atoms with Gasteiger partial charge in [0.15, 0.2) is 5.13 Å². The number of benzene rings is 1. The van der Waals surface area contributed by atoms with Crippen LogP contribution in [0, 0.1) is 0 Å². The highest BCUT2D eigenvalue weighted by molar-refractivity contribution is 7.98. The number of hydrogen-bond donors (Lipinski definition) is 3. The smallest absolute Gasteiger partial charge is 0.265 e. The van der Waals surface area contributed by atoms with Crippen molar-refractivity contribution in [1.29, 1.82) is 0 Å². The lowest BCUT2D eigenvalue weighted by atomic mass is 10.2. The molecule has 25 heavy (non-hydrogen) atoms. The van der Waals surface area contributed by atoms with Crippen LogP contribution in [0.3, 0.4) is 0 Å². The summed E-state index contributed by atoms with van der Waals surface area (Å²) in [7, 11) is 0. The molecule has 0 atom stereocenters. The van der Waals surface area contributed by atoms with Crippen molar-refractivity contribution in [2.24, 2.45) is 5.73 Å². The van der Waals surface area contributed by atoms with E-state index in [1.807, 2.05) is 12.3 Å². The summed E-state index contributed by atoms with van der Waals surface area (Å²) in [5.74, 6) is -0.869. The number of thioether (sulfide) groups is 1. The van der Waals surface area contributed by atoms with Crippen LogP contribution in [-0.2, 0) is 0 Å². The van der Waals surface area contributed by atoms with Crippen molar-refractivity contribution >= 4 is 51.6 Å². The first-order valence-corrected chi connectivity index (χ1v) is 9.55. The quantitative estimate of drug-likeness (QED) is 0.574. The zero-order chi connectivity index (χ0) is 18.0. The number of halogens is 1. The standard InChI is InChI=1S/C16H13ClN4O2S2/c1-24-9-2-3-11(17)10(5-9)15(23)21-16-20-13(7-25-16)8-4-12(14(18)22)19-6-8/h2-7,19H,1H3,(H2,18,22)(H,20,21,23). The predicted octanol–water partition coefficient (Wildman–Crippen LogP) is 3.86. The third-order valence-electron chi connectivity index (χ3n) is 3.39. The van der Waals surface area contributed by atoms with E-state index in [4.69, 9.17) is 17.3 Å². The van der Waals surface area contributed by atoms with E-state index in [2.05, 4.69) is 15.3 Å². The summed E-state index contributed by atoms with van der Waals surface area (Å²) in [5, 5.41) is 5.34. The summed E-state index contributed by atoms with van der Waals surface area (Å²) in [5.41, 5.74) is 7.26. The molecule has 6 nitrogen and oxygen atoms in total. The van der Waals surface area contributed by atoms with Gasteiger partial charge in [-0.3, -0.25) is 14.9 Å². The predicted molar refractivity (Wildman–Crippen MR) is 102 cm³/mol. The van der Waals surface area contributed by atoms with Crippen LogP contribution in [0.5, 0.6) is 0 Å². The van der Waals surface area contributed by atoms with Gasteiger partial charge in [0.1, 0.15) is 5.69 Å². The van der Waals surface area contributed by atoms with Gasteiger partial charge >= 0.3 is 0 Å². The van der Waals surface area contributed by atoms with Gasteiger partial charge in [-0.1, -0.05) is 11.6 Å². The largest absolute Gasteiger partial charge is 0.364 e. The van der Waals surface area contributed by atoms with Crippen molar-refractivity contribution < 1.29 is 9.59 Å². The van der Waals surface area contributed by atoms with Crippen LogP contribution in [0.2, 0.25) is 5.02 Å². The second-order valence-electron chi connectivity index (χ2n) is 5.00. The van der Waals surface area contributed by atoms with Gasteiger partial charge in [0.05, 0.1) is 16.3 Å². The van der Waals surface area contributed by atoms with Crippen molar-refractivity contribution in [3.8, 4) is 11.3 Å². The number of aromatic nitrogens is 2. The topological polar surface area (TPSA) is 101 Å². The molecule has 9 heteroatoms. The van der Waals surface area contributed by atoms with Crippen molar-refractivity contribution in [1.82, 2.24) is 9.97 Å². The van der Waals surface area contributed by atoms with Crippen LogP contribution in [0.25, 0.3) is 11.3 Å². The highest BCUT2D eigenvalue weighted by Gasteiger charge is 2.15. The average molecular weight is 393 g/mol. The Labute approximate surface area is 156 Å². The fourth-order valence-corrected chi connectivity index (χ4v) is 3.48. The number of nitrogens with one attached hydrogen (secondary N) is 2. The molecule has 4 N–H and O–H groups in total. The van der Waals surface area contributed by atoms with Gasteiger partial charge in [0.25, 0.3) is 11.8 Å². The number of carbonyl (C=O) groups excluding carboxylic acids is 2. The highest BCUT2D eigenvalue weighted by atomic mass is 35.5. The van der Waals surface area contributed by atoms with E-state index >= 15 is 0 Å². The molecule has 0 unspecified atom stereocenters. The number of aromatic amines is 1. The molecule has 3 rings (SSSR count). The number of primary amides is 1. The fourth-order valence-electron chi connectivity index (χ4n) is 2.12. The Bertz CT molecular complexity index is 951. The van der Waals surface area contributed by atoms with Gasteiger partial charge < -0.3 is 10.7 Å². The number of nitrogens with two attached hydrogens (primary N) is 1. The van der Waals surface area contributed by atoms with E-state index in [9.17, 15) is 9.59 Å². The Kier molecular flexibility index (Phi) is 5.12. The Morgan fingerprint density at radius 3 is 2.84 bits per heavy atom. The molecule has 3 aromatic rings. The van der Waals surface area contributed by atoms with Crippen molar-refractivity contribution in [3.63, 3.8) is 0 Å². The first-order valence-electron chi connectivity index (χ1n) is 7.07. The molecule has 2 aromatic heterocycles. The van der Waals surface area contributed by atoms with Crippen LogP contribution in [0.4, 0.5) is 5.13 Å². The molecule has 128 valence electrons. The number of rotatable bonds is 5. The lowest BCUT2D eigenvalue weighted by molar-refractivity contribution is 0.0994. The Morgan fingerprint density at radius 2 is 2.16 bits per heavy atom. The lowest BCUT2D eigenvalue weighted by Crippen LogP contribution is -2.12. The maximum atomic E-state index is 12.4. The molecule has 0 spiro atoms. The van der Waals surface area contributed by atoms with Crippen molar-refractivity contribution in [2.75, 3.05) is 11.6 Å². The van der Waals surface area contributed by atoms with Crippen LogP contribution in [0.15, 0.2) is 40.7 Å². The first kappa shape index (κ1) is 17.5. The second-order valence-corrected chi connectivity index (χ2v) is 7.15. The van der Waals surface area contributed by atoms with E-state index in [1.165, 1.54) is 23.1 Å². The second kappa shape index (κ2) is 7.30. The summed E-state index contributed by atoms with van der Waals surface area (Å²) in [4.78, 5) is 31.7. The van der Waals surface area contributed by atoms with Gasteiger partial charge in [0, 0.05) is 22.0 Å². The van der Waals surface area contributed by atoms with E-state index in [-0.39, 0.29) is 5.91 Å². The summed E-state index contributed by atoms with van der Waals surface area (Å²) in [6.45, 7) is 0. The molecule has 1 aromatic carbocycles.